The Kier molecular flexibility index (Phi) is 7.83. The van der Waals surface area contributed by atoms with Gasteiger partial charge in [0, 0.05) is 17.9 Å². The molecule has 0 saturated carbocycles. The van der Waals surface area contributed by atoms with E-state index in [1.54, 1.807) is 18.2 Å². The normalized spacial score (nSPS) is 10.2. The average molecular weight is 313 g/mol. The molecule has 0 spiro atoms. The van der Waals surface area contributed by atoms with E-state index in [4.69, 9.17) is 21.1 Å². The first-order chi connectivity index (χ1) is 10.0. The third kappa shape index (κ3) is 7.14. The number of unbranched alkanes of at least 4 members (excludes halogenated alkanes) is 1. The molecule has 21 heavy (non-hydrogen) atoms. The van der Waals surface area contributed by atoms with Gasteiger partial charge in [-0.3, -0.25) is 9.59 Å². The first-order valence-corrected chi connectivity index (χ1v) is 7.53. The lowest BCUT2D eigenvalue weighted by molar-refractivity contribution is -0.144. The van der Waals surface area contributed by atoms with Crippen molar-refractivity contribution in [1.82, 2.24) is 0 Å². The van der Waals surface area contributed by atoms with Gasteiger partial charge in [-0.05, 0) is 43.5 Å². The minimum Gasteiger partial charge on any atom is -0.466 e. The standard InChI is InChI=1S/C16H21ClO4/c1-3-4-10-20-15(18)6-5-7-16(19)21-13-8-9-14(17)12(2)11-13/h8-9,11H,3-7,10H2,1-2H3. The van der Waals surface area contributed by atoms with Crippen LogP contribution in [0.3, 0.4) is 0 Å². The number of hydrogen-bond acceptors (Lipinski definition) is 4. The lowest BCUT2D eigenvalue weighted by Crippen LogP contribution is -2.10. The molecule has 0 fully saturated rings. The second-order valence-electron chi connectivity index (χ2n) is 4.81. The Morgan fingerprint density at radius 3 is 2.52 bits per heavy atom. The SMILES string of the molecule is CCCCOC(=O)CCCC(=O)Oc1ccc(Cl)c(C)c1. The molecule has 0 N–H and O–H groups in total. The van der Waals surface area contributed by atoms with E-state index in [0.29, 0.717) is 23.8 Å². The zero-order chi connectivity index (χ0) is 15.7. The molecule has 0 aliphatic rings. The van der Waals surface area contributed by atoms with Crippen LogP contribution < -0.4 is 4.74 Å². The van der Waals surface area contributed by atoms with E-state index in [1.165, 1.54) is 0 Å². The fourth-order valence-corrected chi connectivity index (χ4v) is 1.76. The van der Waals surface area contributed by atoms with Crippen LogP contribution in [0.25, 0.3) is 0 Å². The Morgan fingerprint density at radius 2 is 1.86 bits per heavy atom. The van der Waals surface area contributed by atoms with Gasteiger partial charge in [-0.1, -0.05) is 24.9 Å². The van der Waals surface area contributed by atoms with Gasteiger partial charge in [-0.2, -0.15) is 0 Å². The van der Waals surface area contributed by atoms with E-state index in [9.17, 15) is 9.59 Å². The number of aryl methyl sites for hydroxylation is 1. The molecular formula is C16H21ClO4. The lowest BCUT2D eigenvalue weighted by atomic mass is 10.2. The summed E-state index contributed by atoms with van der Waals surface area (Å²) in [5.41, 5.74) is 0.849. The first kappa shape index (κ1) is 17.5. The summed E-state index contributed by atoms with van der Waals surface area (Å²) in [4.78, 5) is 23.0. The van der Waals surface area contributed by atoms with Gasteiger partial charge in [0.15, 0.2) is 0 Å². The Bertz CT molecular complexity index is 485. The van der Waals surface area contributed by atoms with Crippen molar-refractivity contribution in [3.05, 3.63) is 28.8 Å². The number of benzene rings is 1. The third-order valence-electron chi connectivity index (χ3n) is 2.88. The number of ether oxygens (including phenoxy) is 2. The minimum atomic E-state index is -0.363. The maximum Gasteiger partial charge on any atom is 0.311 e. The van der Waals surface area contributed by atoms with Crippen LogP contribution in [0.5, 0.6) is 5.75 Å². The Hall–Kier alpha value is -1.55. The van der Waals surface area contributed by atoms with Crippen LogP contribution in [0.1, 0.15) is 44.6 Å². The monoisotopic (exact) mass is 312 g/mol. The largest absolute Gasteiger partial charge is 0.466 e. The van der Waals surface area contributed by atoms with E-state index in [-0.39, 0.29) is 24.8 Å². The van der Waals surface area contributed by atoms with Crippen molar-refractivity contribution in [1.29, 1.82) is 0 Å². The smallest absolute Gasteiger partial charge is 0.311 e. The van der Waals surface area contributed by atoms with Gasteiger partial charge in [-0.25, -0.2) is 0 Å². The molecule has 1 rings (SSSR count). The van der Waals surface area contributed by atoms with Crippen molar-refractivity contribution in [2.45, 2.75) is 46.0 Å². The molecular weight excluding hydrogens is 292 g/mol. The van der Waals surface area contributed by atoms with E-state index >= 15 is 0 Å². The van der Waals surface area contributed by atoms with Crippen molar-refractivity contribution >= 4 is 23.5 Å². The van der Waals surface area contributed by atoms with Crippen molar-refractivity contribution in [3.63, 3.8) is 0 Å². The lowest BCUT2D eigenvalue weighted by Gasteiger charge is -2.06. The van der Waals surface area contributed by atoms with Crippen molar-refractivity contribution in [2.24, 2.45) is 0 Å². The maximum absolute atomic E-state index is 11.6. The summed E-state index contributed by atoms with van der Waals surface area (Å²) in [6.45, 7) is 4.32. The molecule has 0 aliphatic carbocycles. The van der Waals surface area contributed by atoms with Gasteiger partial charge < -0.3 is 9.47 Å². The van der Waals surface area contributed by atoms with Gasteiger partial charge in [-0.15, -0.1) is 0 Å². The summed E-state index contributed by atoms with van der Waals surface area (Å²) in [5.74, 6) is -0.163. The summed E-state index contributed by atoms with van der Waals surface area (Å²) in [6, 6.07) is 5.04. The predicted octanol–water partition coefficient (Wildman–Crippen LogP) is 4.07. The van der Waals surface area contributed by atoms with E-state index < -0.39 is 0 Å². The highest BCUT2D eigenvalue weighted by Gasteiger charge is 2.09. The van der Waals surface area contributed by atoms with E-state index in [2.05, 4.69) is 0 Å². The van der Waals surface area contributed by atoms with Crippen LogP contribution in [0.15, 0.2) is 18.2 Å². The summed E-state index contributed by atoms with van der Waals surface area (Å²) >= 11 is 5.90. The summed E-state index contributed by atoms with van der Waals surface area (Å²) in [6.07, 6.45) is 2.70. The molecule has 0 amide bonds. The molecule has 1 aromatic rings. The zero-order valence-corrected chi connectivity index (χ0v) is 13.2. The van der Waals surface area contributed by atoms with Gasteiger partial charge in [0.25, 0.3) is 0 Å². The Labute approximate surface area is 130 Å². The Morgan fingerprint density at radius 1 is 1.14 bits per heavy atom. The average Bonchev–Trinajstić information content (AvgIpc) is 2.43. The van der Waals surface area contributed by atoms with Gasteiger partial charge in [0.1, 0.15) is 5.75 Å². The van der Waals surface area contributed by atoms with Crippen LogP contribution in [-0.4, -0.2) is 18.5 Å². The third-order valence-corrected chi connectivity index (χ3v) is 3.31. The second kappa shape index (κ2) is 9.40. The minimum absolute atomic E-state index is 0.185. The van der Waals surface area contributed by atoms with Crippen LogP contribution >= 0.6 is 11.6 Å². The molecule has 0 heterocycles. The number of hydrogen-bond donors (Lipinski definition) is 0. The summed E-state index contributed by atoms with van der Waals surface area (Å²) in [7, 11) is 0. The number of esters is 2. The molecule has 0 radical (unpaired) electrons. The molecule has 4 nitrogen and oxygen atoms in total. The quantitative estimate of drug-likeness (QED) is 0.412. The van der Waals surface area contributed by atoms with Gasteiger partial charge >= 0.3 is 11.9 Å². The number of rotatable bonds is 8. The van der Waals surface area contributed by atoms with Crippen molar-refractivity contribution in [2.75, 3.05) is 6.61 Å². The highest BCUT2D eigenvalue weighted by molar-refractivity contribution is 6.31. The Balaban J connectivity index is 2.24. The zero-order valence-electron chi connectivity index (χ0n) is 12.5. The molecule has 0 saturated heterocycles. The van der Waals surface area contributed by atoms with Gasteiger partial charge in [0.05, 0.1) is 6.61 Å². The van der Waals surface area contributed by atoms with Gasteiger partial charge in [0.2, 0.25) is 0 Å². The molecule has 1 aromatic carbocycles. The fraction of sp³-hybridized carbons (Fsp3) is 0.500. The van der Waals surface area contributed by atoms with Crippen LogP contribution in [0.4, 0.5) is 0 Å². The van der Waals surface area contributed by atoms with Crippen LogP contribution in [0, 0.1) is 6.92 Å². The van der Waals surface area contributed by atoms with Crippen LogP contribution in [-0.2, 0) is 14.3 Å². The van der Waals surface area contributed by atoms with E-state index in [1.807, 2.05) is 13.8 Å². The molecule has 0 unspecified atom stereocenters. The highest BCUT2D eigenvalue weighted by atomic mass is 35.5. The second-order valence-corrected chi connectivity index (χ2v) is 5.22. The number of halogens is 1. The molecule has 116 valence electrons. The molecule has 0 bridgehead atoms. The van der Waals surface area contributed by atoms with E-state index in [0.717, 1.165) is 18.4 Å². The molecule has 0 atom stereocenters. The molecule has 0 aromatic heterocycles. The van der Waals surface area contributed by atoms with Crippen LogP contribution in [0.2, 0.25) is 5.02 Å². The first-order valence-electron chi connectivity index (χ1n) is 7.15. The van der Waals surface area contributed by atoms with Crippen molar-refractivity contribution < 1.29 is 19.1 Å². The predicted molar refractivity (Wildman–Crippen MR) is 81.5 cm³/mol. The van der Waals surface area contributed by atoms with Crippen molar-refractivity contribution in [3.8, 4) is 5.75 Å². The topological polar surface area (TPSA) is 52.6 Å². The molecule has 5 heteroatoms. The summed E-state index contributed by atoms with van der Waals surface area (Å²) < 4.78 is 10.2. The molecule has 0 aliphatic heterocycles. The number of carbonyl (C=O) groups excluding carboxylic acids is 2. The fourth-order valence-electron chi connectivity index (χ4n) is 1.64. The highest BCUT2D eigenvalue weighted by Crippen LogP contribution is 2.21. The summed E-state index contributed by atoms with van der Waals surface area (Å²) in [5, 5.41) is 0.629. The maximum atomic E-state index is 11.6. The number of carbonyl (C=O) groups is 2.